The predicted octanol–water partition coefficient (Wildman–Crippen LogP) is 3.19. The fraction of sp³-hybridized carbons (Fsp3) is 0.412. The van der Waals surface area contributed by atoms with Crippen LogP contribution in [0, 0.1) is 13.8 Å². The molecule has 1 aromatic heterocycles. The first kappa shape index (κ1) is 15.4. The van der Waals surface area contributed by atoms with Crippen LogP contribution in [0.4, 0.5) is 0 Å². The van der Waals surface area contributed by atoms with Crippen LogP contribution in [0.15, 0.2) is 30.3 Å². The minimum atomic E-state index is 0.0580. The highest BCUT2D eigenvalue weighted by molar-refractivity contribution is 5.35. The molecule has 1 atom stereocenters. The van der Waals surface area contributed by atoms with Crippen molar-refractivity contribution in [2.45, 2.75) is 33.2 Å². The number of aryl methyl sites for hydroxylation is 2. The zero-order chi connectivity index (χ0) is 15.2. The van der Waals surface area contributed by atoms with E-state index in [0.717, 1.165) is 18.7 Å². The van der Waals surface area contributed by atoms with E-state index in [4.69, 9.17) is 4.74 Å². The van der Waals surface area contributed by atoms with Crippen molar-refractivity contribution in [2.24, 2.45) is 0 Å². The van der Waals surface area contributed by atoms with Crippen molar-refractivity contribution in [3.05, 3.63) is 52.7 Å². The number of ether oxygens (including phenoxy) is 1. The van der Waals surface area contributed by atoms with Crippen molar-refractivity contribution in [2.75, 3.05) is 13.7 Å². The van der Waals surface area contributed by atoms with Gasteiger partial charge in [-0.3, -0.25) is 0 Å². The van der Waals surface area contributed by atoms with Crippen LogP contribution in [0.3, 0.4) is 0 Å². The number of hydrogen-bond donors (Lipinski definition) is 1. The Kier molecular flexibility index (Phi) is 5.28. The minimum absolute atomic E-state index is 0.0580. The molecule has 21 heavy (non-hydrogen) atoms. The Labute approximate surface area is 126 Å². The Morgan fingerprint density at radius 3 is 2.48 bits per heavy atom. The molecule has 1 unspecified atom stereocenters. The van der Waals surface area contributed by atoms with Gasteiger partial charge in [0.15, 0.2) is 0 Å². The first-order chi connectivity index (χ1) is 10.2. The number of rotatable bonds is 6. The average molecular weight is 285 g/mol. The third-order valence-corrected chi connectivity index (χ3v) is 3.63. The fourth-order valence-electron chi connectivity index (χ4n) is 2.22. The molecule has 4 heteroatoms. The van der Waals surface area contributed by atoms with Crippen molar-refractivity contribution in [1.82, 2.24) is 15.5 Å². The van der Waals surface area contributed by atoms with E-state index in [0.29, 0.717) is 5.88 Å². The van der Waals surface area contributed by atoms with Gasteiger partial charge < -0.3 is 10.1 Å². The summed E-state index contributed by atoms with van der Waals surface area (Å²) < 4.78 is 5.08. The van der Waals surface area contributed by atoms with Crippen molar-refractivity contribution >= 4 is 0 Å². The highest BCUT2D eigenvalue weighted by Crippen LogP contribution is 2.23. The number of benzene rings is 1. The van der Waals surface area contributed by atoms with Crippen LogP contribution in [-0.4, -0.2) is 23.9 Å². The summed E-state index contributed by atoms with van der Waals surface area (Å²) in [5, 5.41) is 11.9. The molecule has 0 fully saturated rings. The molecule has 2 aromatic rings. The molecular weight excluding hydrogens is 262 g/mol. The summed E-state index contributed by atoms with van der Waals surface area (Å²) in [6.07, 6.45) is 1.07. The van der Waals surface area contributed by atoms with Gasteiger partial charge in [-0.15, -0.1) is 10.2 Å². The van der Waals surface area contributed by atoms with Gasteiger partial charge in [0, 0.05) is 6.07 Å². The van der Waals surface area contributed by atoms with Gasteiger partial charge in [0.05, 0.1) is 18.8 Å². The first-order valence-electron chi connectivity index (χ1n) is 7.33. The molecule has 0 spiro atoms. The topological polar surface area (TPSA) is 47.0 Å². The molecule has 4 nitrogen and oxygen atoms in total. The summed E-state index contributed by atoms with van der Waals surface area (Å²) >= 11 is 0. The Balaban J connectivity index is 2.33. The van der Waals surface area contributed by atoms with Crippen molar-refractivity contribution in [3.8, 4) is 5.88 Å². The van der Waals surface area contributed by atoms with Crippen molar-refractivity contribution < 1.29 is 4.74 Å². The number of methoxy groups -OCH3 is 1. The lowest BCUT2D eigenvalue weighted by Crippen LogP contribution is -2.24. The minimum Gasteiger partial charge on any atom is -0.480 e. The molecule has 1 aromatic carbocycles. The zero-order valence-electron chi connectivity index (χ0n) is 13.2. The van der Waals surface area contributed by atoms with Gasteiger partial charge >= 0.3 is 0 Å². The Hall–Kier alpha value is -1.94. The molecule has 0 saturated heterocycles. The van der Waals surface area contributed by atoms with Gasteiger partial charge in [0.2, 0.25) is 5.88 Å². The van der Waals surface area contributed by atoms with Gasteiger partial charge in [-0.2, -0.15) is 0 Å². The lowest BCUT2D eigenvalue weighted by Gasteiger charge is -2.19. The molecule has 1 heterocycles. The zero-order valence-corrected chi connectivity index (χ0v) is 13.2. The molecule has 0 aliphatic carbocycles. The standard InChI is InChI=1S/C17H23N3O/c1-5-10-18-17(14-7-6-12(2)13(3)11-14)15-8-9-16(21-4)20-19-15/h6-9,11,17-18H,5,10H2,1-4H3. The molecule has 112 valence electrons. The summed E-state index contributed by atoms with van der Waals surface area (Å²) in [4.78, 5) is 0. The van der Waals surface area contributed by atoms with Gasteiger partial charge in [-0.1, -0.05) is 25.1 Å². The second kappa shape index (κ2) is 7.18. The Morgan fingerprint density at radius 1 is 1.10 bits per heavy atom. The molecule has 1 N–H and O–H groups in total. The Bertz CT molecular complexity index is 581. The van der Waals surface area contributed by atoms with Crippen molar-refractivity contribution in [3.63, 3.8) is 0 Å². The fourth-order valence-corrected chi connectivity index (χ4v) is 2.22. The molecule has 0 aliphatic rings. The number of aromatic nitrogens is 2. The lowest BCUT2D eigenvalue weighted by atomic mass is 9.98. The maximum Gasteiger partial charge on any atom is 0.233 e. The second-order valence-corrected chi connectivity index (χ2v) is 5.23. The molecule has 0 amide bonds. The van der Waals surface area contributed by atoms with Gasteiger partial charge in [0.25, 0.3) is 0 Å². The monoisotopic (exact) mass is 285 g/mol. The maximum atomic E-state index is 5.08. The van der Waals surface area contributed by atoms with Gasteiger partial charge in [0.1, 0.15) is 0 Å². The van der Waals surface area contributed by atoms with Crippen LogP contribution in [-0.2, 0) is 0 Å². The van der Waals surface area contributed by atoms with E-state index >= 15 is 0 Å². The Morgan fingerprint density at radius 2 is 1.90 bits per heavy atom. The normalized spacial score (nSPS) is 12.2. The summed E-state index contributed by atoms with van der Waals surface area (Å²) in [6.45, 7) is 7.35. The van der Waals surface area contributed by atoms with Gasteiger partial charge in [-0.25, -0.2) is 0 Å². The molecule has 0 bridgehead atoms. The highest BCUT2D eigenvalue weighted by Gasteiger charge is 2.16. The third-order valence-electron chi connectivity index (χ3n) is 3.63. The van der Waals surface area contributed by atoms with Crippen LogP contribution in [0.5, 0.6) is 5.88 Å². The van der Waals surface area contributed by atoms with Crippen LogP contribution >= 0.6 is 0 Å². The lowest BCUT2D eigenvalue weighted by molar-refractivity contribution is 0.390. The van der Waals surface area contributed by atoms with Crippen LogP contribution < -0.4 is 10.1 Å². The van der Waals surface area contributed by atoms with E-state index in [-0.39, 0.29) is 6.04 Å². The summed E-state index contributed by atoms with van der Waals surface area (Å²) in [7, 11) is 1.60. The smallest absolute Gasteiger partial charge is 0.233 e. The van der Waals surface area contributed by atoms with E-state index < -0.39 is 0 Å². The van der Waals surface area contributed by atoms with E-state index in [9.17, 15) is 0 Å². The average Bonchev–Trinajstić information content (AvgIpc) is 2.51. The SMILES string of the molecule is CCCNC(c1ccc(C)c(C)c1)c1ccc(OC)nn1. The van der Waals surface area contributed by atoms with Crippen LogP contribution in [0.25, 0.3) is 0 Å². The van der Waals surface area contributed by atoms with Gasteiger partial charge in [-0.05, 0) is 49.6 Å². The quantitative estimate of drug-likeness (QED) is 0.885. The van der Waals surface area contributed by atoms with Crippen molar-refractivity contribution in [1.29, 1.82) is 0 Å². The van der Waals surface area contributed by atoms with E-state index in [1.807, 2.05) is 12.1 Å². The number of nitrogens with zero attached hydrogens (tertiary/aromatic N) is 2. The molecule has 0 radical (unpaired) electrons. The largest absolute Gasteiger partial charge is 0.480 e. The number of hydrogen-bond acceptors (Lipinski definition) is 4. The highest BCUT2D eigenvalue weighted by atomic mass is 16.5. The van der Waals surface area contributed by atoms with Crippen LogP contribution in [0.1, 0.15) is 41.8 Å². The third kappa shape index (κ3) is 3.79. The maximum absolute atomic E-state index is 5.08. The molecular formula is C17H23N3O. The molecule has 0 aliphatic heterocycles. The summed E-state index contributed by atoms with van der Waals surface area (Å²) in [5.41, 5.74) is 4.71. The predicted molar refractivity (Wildman–Crippen MR) is 84.6 cm³/mol. The number of nitrogens with one attached hydrogen (secondary N) is 1. The van der Waals surface area contributed by atoms with E-state index in [1.165, 1.54) is 16.7 Å². The second-order valence-electron chi connectivity index (χ2n) is 5.23. The summed E-state index contributed by atoms with van der Waals surface area (Å²) in [6, 6.07) is 10.4. The molecule has 0 saturated carbocycles. The van der Waals surface area contributed by atoms with E-state index in [2.05, 4.69) is 54.5 Å². The molecule has 2 rings (SSSR count). The first-order valence-corrected chi connectivity index (χ1v) is 7.33. The van der Waals surface area contributed by atoms with Crippen LogP contribution in [0.2, 0.25) is 0 Å². The van der Waals surface area contributed by atoms with E-state index in [1.54, 1.807) is 7.11 Å². The summed E-state index contributed by atoms with van der Waals surface area (Å²) in [5.74, 6) is 0.535.